The number of nitrogens with zero attached hydrogens (tertiary/aromatic N) is 4. The highest BCUT2D eigenvalue weighted by molar-refractivity contribution is 5.94. The molecule has 0 saturated heterocycles. The van der Waals surface area contributed by atoms with Gasteiger partial charge >= 0.3 is 0 Å². The van der Waals surface area contributed by atoms with Crippen molar-refractivity contribution in [2.24, 2.45) is 0 Å². The Morgan fingerprint density at radius 2 is 1.48 bits per heavy atom. The highest BCUT2D eigenvalue weighted by atomic mass is 16.3. The number of hydrogen-bond acceptors (Lipinski definition) is 9. The molecule has 0 bridgehead atoms. The Morgan fingerprint density at radius 3 is 1.96 bits per heavy atom. The van der Waals surface area contributed by atoms with Crippen molar-refractivity contribution in [1.82, 2.24) is 19.9 Å². The van der Waals surface area contributed by atoms with Crippen LogP contribution in [0.2, 0.25) is 0 Å². The molecule has 0 saturated carbocycles. The smallest absolute Gasteiger partial charge is 0.225 e. The fraction of sp³-hybridized carbons (Fsp3) is 0.625. The van der Waals surface area contributed by atoms with E-state index in [1.165, 1.54) is 0 Å². The molecule has 0 spiro atoms. The van der Waals surface area contributed by atoms with Crippen molar-refractivity contribution < 1.29 is 5.11 Å². The molecule has 2 aromatic heterocycles. The maximum absolute atomic E-state index is 10.0. The number of fused-ring (bicyclic) bond motifs is 1. The average Bonchev–Trinajstić information content (AvgIpc) is 2.58. The molecule has 0 aliphatic heterocycles. The topological polar surface area (TPSA) is 120 Å². The minimum atomic E-state index is -0.881. The Balaban J connectivity index is 2.60. The molecule has 0 radical (unpaired) electrons. The molecule has 25 heavy (non-hydrogen) atoms. The van der Waals surface area contributed by atoms with Crippen LogP contribution in [0.15, 0.2) is 0 Å². The van der Waals surface area contributed by atoms with Crippen LogP contribution < -0.4 is 21.3 Å². The summed E-state index contributed by atoms with van der Waals surface area (Å²) in [6.07, 6.45) is 0.953. The molecule has 2 aromatic rings. The number of rotatable bonds is 8. The van der Waals surface area contributed by atoms with Gasteiger partial charge in [-0.3, -0.25) is 0 Å². The summed E-state index contributed by atoms with van der Waals surface area (Å²) in [6, 6.07) is 0.239. The Morgan fingerprint density at radius 1 is 0.960 bits per heavy atom. The van der Waals surface area contributed by atoms with Crippen molar-refractivity contribution >= 4 is 34.6 Å². The molecule has 0 unspecified atom stereocenters. The van der Waals surface area contributed by atoms with Crippen LogP contribution in [0.5, 0.6) is 0 Å². The number of aliphatic hydroxyl groups is 1. The molecule has 2 heterocycles. The van der Waals surface area contributed by atoms with E-state index in [2.05, 4.69) is 55.1 Å². The molecule has 0 aromatic carbocycles. The normalized spacial score (nSPS) is 12.8. The number of nitrogens with one attached hydrogen (secondary N) is 4. The van der Waals surface area contributed by atoms with E-state index in [1.54, 1.807) is 27.9 Å². The predicted octanol–water partition coefficient (Wildman–Crippen LogP) is 1.90. The van der Waals surface area contributed by atoms with Gasteiger partial charge in [0, 0.05) is 26.7 Å². The van der Waals surface area contributed by atoms with E-state index in [4.69, 9.17) is 0 Å². The van der Waals surface area contributed by atoms with E-state index in [0.717, 1.165) is 6.42 Å². The van der Waals surface area contributed by atoms with Gasteiger partial charge in [0.05, 0.1) is 5.60 Å². The van der Waals surface area contributed by atoms with E-state index in [0.29, 0.717) is 41.1 Å². The first-order valence-electron chi connectivity index (χ1n) is 8.45. The van der Waals surface area contributed by atoms with Crippen LogP contribution in [0.1, 0.15) is 34.1 Å². The van der Waals surface area contributed by atoms with Gasteiger partial charge in [-0.2, -0.15) is 9.97 Å². The summed E-state index contributed by atoms with van der Waals surface area (Å²) < 4.78 is 0. The van der Waals surface area contributed by atoms with Gasteiger partial charge in [-0.25, -0.2) is 9.97 Å². The van der Waals surface area contributed by atoms with Crippen molar-refractivity contribution in [2.45, 2.75) is 45.8 Å². The molecule has 0 aliphatic rings. The summed E-state index contributed by atoms with van der Waals surface area (Å²) in [5, 5.41) is 22.5. The zero-order valence-corrected chi connectivity index (χ0v) is 15.7. The Hall–Kier alpha value is -2.42. The lowest BCUT2D eigenvalue weighted by Gasteiger charge is -2.20. The SMILES string of the molecule is CC[C@H](C)Nc1nc(NC)nc2c(NCC(C)(C)O)nc(NC)nc12. The van der Waals surface area contributed by atoms with Gasteiger partial charge in [0.25, 0.3) is 0 Å². The Bertz CT molecular complexity index is 728. The Labute approximate surface area is 148 Å². The van der Waals surface area contributed by atoms with Gasteiger partial charge in [0.15, 0.2) is 11.6 Å². The first-order chi connectivity index (χ1) is 11.8. The Kier molecular flexibility index (Phi) is 5.78. The van der Waals surface area contributed by atoms with E-state index in [-0.39, 0.29) is 6.04 Å². The quantitative estimate of drug-likeness (QED) is 0.487. The van der Waals surface area contributed by atoms with Crippen LogP contribution in [0, 0.1) is 0 Å². The summed E-state index contributed by atoms with van der Waals surface area (Å²) in [5.74, 6) is 2.13. The summed E-state index contributed by atoms with van der Waals surface area (Å²) in [7, 11) is 3.52. The third-order valence-corrected chi connectivity index (χ3v) is 3.67. The highest BCUT2D eigenvalue weighted by Gasteiger charge is 2.19. The van der Waals surface area contributed by atoms with Gasteiger partial charge < -0.3 is 26.4 Å². The van der Waals surface area contributed by atoms with Crippen molar-refractivity contribution in [1.29, 1.82) is 0 Å². The number of hydrogen-bond donors (Lipinski definition) is 5. The highest BCUT2D eigenvalue weighted by Crippen LogP contribution is 2.27. The van der Waals surface area contributed by atoms with Crippen molar-refractivity contribution in [3.05, 3.63) is 0 Å². The minimum absolute atomic E-state index is 0.239. The average molecular weight is 348 g/mol. The summed E-state index contributed by atoms with van der Waals surface area (Å²) in [6.45, 7) is 7.97. The van der Waals surface area contributed by atoms with E-state index in [1.807, 2.05) is 0 Å². The molecular weight excluding hydrogens is 320 g/mol. The van der Waals surface area contributed by atoms with Crippen molar-refractivity contribution in [3.8, 4) is 0 Å². The van der Waals surface area contributed by atoms with Gasteiger partial charge in [0.1, 0.15) is 11.0 Å². The second kappa shape index (κ2) is 7.64. The third kappa shape index (κ3) is 4.79. The van der Waals surface area contributed by atoms with Crippen LogP contribution in [0.4, 0.5) is 23.5 Å². The van der Waals surface area contributed by atoms with E-state index in [9.17, 15) is 5.11 Å². The maximum atomic E-state index is 10.0. The second-order valence-electron chi connectivity index (χ2n) is 6.61. The molecule has 2 rings (SSSR count). The minimum Gasteiger partial charge on any atom is -0.389 e. The van der Waals surface area contributed by atoms with E-state index < -0.39 is 5.60 Å². The fourth-order valence-electron chi connectivity index (χ4n) is 2.10. The largest absolute Gasteiger partial charge is 0.389 e. The maximum Gasteiger partial charge on any atom is 0.225 e. The number of anilines is 4. The van der Waals surface area contributed by atoms with Crippen LogP contribution >= 0.6 is 0 Å². The monoisotopic (exact) mass is 348 g/mol. The predicted molar refractivity (Wildman–Crippen MR) is 102 cm³/mol. The zero-order chi connectivity index (χ0) is 18.6. The molecule has 138 valence electrons. The first-order valence-corrected chi connectivity index (χ1v) is 8.45. The van der Waals surface area contributed by atoms with E-state index >= 15 is 0 Å². The van der Waals surface area contributed by atoms with Crippen molar-refractivity contribution in [2.75, 3.05) is 41.9 Å². The van der Waals surface area contributed by atoms with Gasteiger partial charge in [-0.05, 0) is 27.2 Å². The van der Waals surface area contributed by atoms with Crippen LogP contribution in [0.3, 0.4) is 0 Å². The fourth-order valence-corrected chi connectivity index (χ4v) is 2.10. The van der Waals surface area contributed by atoms with Gasteiger partial charge in [-0.15, -0.1) is 0 Å². The lowest BCUT2D eigenvalue weighted by Crippen LogP contribution is -2.30. The third-order valence-electron chi connectivity index (χ3n) is 3.67. The summed E-state index contributed by atoms with van der Waals surface area (Å²) >= 11 is 0. The second-order valence-corrected chi connectivity index (χ2v) is 6.61. The molecule has 1 atom stereocenters. The lowest BCUT2D eigenvalue weighted by molar-refractivity contribution is 0.0944. The van der Waals surface area contributed by atoms with Crippen LogP contribution in [-0.2, 0) is 0 Å². The summed E-state index contributed by atoms with van der Waals surface area (Å²) in [5.41, 5.74) is 0.332. The molecule has 9 heteroatoms. The zero-order valence-electron chi connectivity index (χ0n) is 15.7. The van der Waals surface area contributed by atoms with Gasteiger partial charge in [-0.1, -0.05) is 6.92 Å². The summed E-state index contributed by atoms with van der Waals surface area (Å²) in [4.78, 5) is 18.0. The van der Waals surface area contributed by atoms with Crippen LogP contribution in [0.25, 0.3) is 11.0 Å². The first kappa shape index (κ1) is 18.9. The molecule has 0 fully saturated rings. The lowest BCUT2D eigenvalue weighted by atomic mass is 10.1. The molecular formula is C16H28N8O. The number of aromatic nitrogens is 4. The van der Waals surface area contributed by atoms with Crippen molar-refractivity contribution in [3.63, 3.8) is 0 Å². The molecule has 0 amide bonds. The van der Waals surface area contributed by atoms with Gasteiger partial charge in [0.2, 0.25) is 11.9 Å². The molecule has 5 N–H and O–H groups in total. The molecule has 9 nitrogen and oxygen atoms in total. The van der Waals surface area contributed by atoms with Crippen LogP contribution in [-0.4, -0.2) is 57.3 Å². The standard InChI is InChI=1S/C16H28N8O/c1-7-9(2)20-13-11-10(21-15(18-6)24-13)12(19-8-16(3,4)25)23-14(17-5)22-11/h9,25H,7-8H2,1-6H3,(H2,17,19,22,23)(H2,18,20,21,24)/t9-/m0/s1. The molecule has 0 aliphatic carbocycles.